The van der Waals surface area contributed by atoms with E-state index in [4.69, 9.17) is 4.74 Å². The van der Waals surface area contributed by atoms with E-state index in [2.05, 4.69) is 0 Å². The number of rotatable bonds is 6. The van der Waals surface area contributed by atoms with Crippen molar-refractivity contribution in [2.75, 3.05) is 11.4 Å². The number of halogens is 1. The van der Waals surface area contributed by atoms with Gasteiger partial charge in [-0.15, -0.1) is 0 Å². The van der Waals surface area contributed by atoms with Crippen molar-refractivity contribution in [2.24, 2.45) is 0 Å². The molecule has 0 bridgehead atoms. The summed E-state index contributed by atoms with van der Waals surface area (Å²) >= 11 is 0. The number of benzene rings is 3. The average Bonchev–Trinajstić information content (AvgIpc) is 2.66. The summed E-state index contributed by atoms with van der Waals surface area (Å²) in [6.45, 7) is 1.73. The molecule has 140 valence electrons. The number of hydrogen-bond acceptors (Lipinski definition) is 3. The summed E-state index contributed by atoms with van der Waals surface area (Å²) in [5.74, 6) is 0.0824. The van der Waals surface area contributed by atoms with Crippen molar-refractivity contribution in [3.8, 4) is 5.75 Å². The fourth-order valence-corrected chi connectivity index (χ4v) is 4.50. The zero-order valence-corrected chi connectivity index (χ0v) is 15.9. The highest BCUT2D eigenvalue weighted by atomic mass is 32.2. The number of sulfonamides is 1. The molecule has 0 aromatic heterocycles. The van der Waals surface area contributed by atoms with Gasteiger partial charge in [-0.05, 0) is 48.4 Å². The van der Waals surface area contributed by atoms with Crippen LogP contribution in [-0.2, 0) is 16.6 Å². The van der Waals surface area contributed by atoms with Crippen LogP contribution in [0.1, 0.15) is 11.1 Å². The van der Waals surface area contributed by atoms with Crippen LogP contribution < -0.4 is 9.04 Å². The first kappa shape index (κ1) is 18.9. The van der Waals surface area contributed by atoms with Crippen LogP contribution in [0.2, 0.25) is 0 Å². The molecule has 3 aromatic carbocycles. The highest BCUT2D eigenvalue weighted by Crippen LogP contribution is 2.30. The van der Waals surface area contributed by atoms with Gasteiger partial charge in [0.05, 0.1) is 24.2 Å². The van der Waals surface area contributed by atoms with E-state index in [0.29, 0.717) is 17.0 Å². The highest BCUT2D eigenvalue weighted by molar-refractivity contribution is 7.92. The van der Waals surface area contributed by atoms with Gasteiger partial charge in [0.1, 0.15) is 11.6 Å². The summed E-state index contributed by atoms with van der Waals surface area (Å²) in [5.41, 5.74) is 1.67. The van der Waals surface area contributed by atoms with Gasteiger partial charge in [0.2, 0.25) is 0 Å². The second-order valence-electron chi connectivity index (χ2n) is 6.11. The van der Waals surface area contributed by atoms with Crippen LogP contribution in [0.4, 0.5) is 10.1 Å². The van der Waals surface area contributed by atoms with Crippen molar-refractivity contribution in [3.05, 3.63) is 89.7 Å². The second kappa shape index (κ2) is 7.80. The van der Waals surface area contributed by atoms with E-state index in [1.165, 1.54) is 23.5 Å². The normalized spacial score (nSPS) is 11.2. The van der Waals surface area contributed by atoms with Crippen molar-refractivity contribution in [2.45, 2.75) is 18.4 Å². The molecule has 4 nitrogen and oxygen atoms in total. The second-order valence-corrected chi connectivity index (χ2v) is 7.94. The fourth-order valence-electron chi connectivity index (χ4n) is 2.85. The maximum absolute atomic E-state index is 13.5. The lowest BCUT2D eigenvalue weighted by atomic mass is 10.2. The van der Waals surface area contributed by atoms with Crippen molar-refractivity contribution < 1.29 is 17.5 Å². The van der Waals surface area contributed by atoms with Gasteiger partial charge < -0.3 is 4.74 Å². The lowest BCUT2D eigenvalue weighted by Gasteiger charge is -2.26. The van der Waals surface area contributed by atoms with Crippen LogP contribution in [0.25, 0.3) is 0 Å². The first-order valence-corrected chi connectivity index (χ1v) is 9.82. The van der Waals surface area contributed by atoms with E-state index in [1.807, 2.05) is 30.3 Å². The zero-order valence-electron chi connectivity index (χ0n) is 15.1. The van der Waals surface area contributed by atoms with Crippen molar-refractivity contribution >= 4 is 15.7 Å². The minimum atomic E-state index is -3.91. The molecule has 0 N–H and O–H groups in total. The van der Waals surface area contributed by atoms with Gasteiger partial charge >= 0.3 is 0 Å². The van der Waals surface area contributed by atoms with Crippen LogP contribution in [0.3, 0.4) is 0 Å². The Kier molecular flexibility index (Phi) is 5.46. The SMILES string of the molecule is COc1cccc(N(Cc2ccccc2)S(=O)(=O)c2ccc(F)cc2C)c1. The quantitative estimate of drug-likeness (QED) is 0.626. The topological polar surface area (TPSA) is 46.6 Å². The van der Waals surface area contributed by atoms with Gasteiger partial charge in [-0.1, -0.05) is 36.4 Å². The first-order chi connectivity index (χ1) is 12.9. The Balaban J connectivity index is 2.13. The van der Waals surface area contributed by atoms with Crippen molar-refractivity contribution in [1.82, 2.24) is 0 Å². The van der Waals surface area contributed by atoms with Gasteiger partial charge in [-0.2, -0.15) is 0 Å². The number of nitrogens with zero attached hydrogens (tertiary/aromatic N) is 1. The van der Waals surface area contributed by atoms with E-state index in [9.17, 15) is 12.8 Å². The number of anilines is 1. The number of aryl methyl sites for hydroxylation is 1. The molecular weight excluding hydrogens is 365 g/mol. The Bertz CT molecular complexity index is 1040. The maximum Gasteiger partial charge on any atom is 0.264 e. The van der Waals surface area contributed by atoms with Crippen molar-refractivity contribution in [1.29, 1.82) is 0 Å². The lowest BCUT2D eigenvalue weighted by molar-refractivity contribution is 0.415. The summed E-state index contributed by atoms with van der Waals surface area (Å²) < 4.78 is 46.9. The van der Waals surface area contributed by atoms with Crippen LogP contribution >= 0.6 is 0 Å². The fraction of sp³-hybridized carbons (Fsp3) is 0.143. The molecule has 6 heteroatoms. The molecule has 0 saturated heterocycles. The van der Waals surface area contributed by atoms with E-state index < -0.39 is 15.8 Å². The number of hydrogen-bond donors (Lipinski definition) is 0. The third kappa shape index (κ3) is 4.11. The molecular formula is C21H20FNO3S. The number of ether oxygens (including phenoxy) is 1. The van der Waals surface area contributed by atoms with E-state index in [1.54, 1.807) is 31.2 Å². The van der Waals surface area contributed by atoms with Crippen molar-refractivity contribution in [3.63, 3.8) is 0 Å². The third-order valence-electron chi connectivity index (χ3n) is 4.22. The standard InChI is InChI=1S/C21H20FNO3S/c1-16-13-18(22)11-12-21(16)27(24,25)23(15-17-7-4-3-5-8-17)19-9-6-10-20(14-19)26-2/h3-14H,15H2,1-2H3. The van der Waals surface area contributed by atoms with Crippen LogP contribution in [0.15, 0.2) is 77.7 Å². The van der Waals surface area contributed by atoms with Gasteiger partial charge in [0.15, 0.2) is 0 Å². The van der Waals surface area contributed by atoms with E-state index in [0.717, 1.165) is 11.6 Å². The molecule has 0 unspecified atom stereocenters. The Morgan fingerprint density at radius 2 is 1.70 bits per heavy atom. The largest absolute Gasteiger partial charge is 0.497 e. The summed E-state index contributed by atoms with van der Waals surface area (Å²) in [7, 11) is -2.39. The maximum atomic E-state index is 13.5. The summed E-state index contributed by atoms with van der Waals surface area (Å²) in [4.78, 5) is 0.0719. The summed E-state index contributed by atoms with van der Waals surface area (Å²) in [6, 6.07) is 19.9. The van der Waals surface area contributed by atoms with Crippen LogP contribution in [-0.4, -0.2) is 15.5 Å². The third-order valence-corrected chi connectivity index (χ3v) is 6.15. The molecule has 0 fully saturated rings. The van der Waals surface area contributed by atoms with E-state index >= 15 is 0 Å². The Labute approximate surface area is 158 Å². The van der Waals surface area contributed by atoms with Gasteiger partial charge in [-0.25, -0.2) is 12.8 Å². The monoisotopic (exact) mass is 385 g/mol. The molecule has 3 rings (SSSR count). The molecule has 0 radical (unpaired) electrons. The summed E-state index contributed by atoms with van der Waals surface area (Å²) in [6.07, 6.45) is 0. The highest BCUT2D eigenvalue weighted by Gasteiger charge is 2.27. The minimum Gasteiger partial charge on any atom is -0.497 e. The minimum absolute atomic E-state index is 0.0719. The summed E-state index contributed by atoms with van der Waals surface area (Å²) in [5, 5.41) is 0. The molecule has 0 heterocycles. The number of methoxy groups -OCH3 is 1. The van der Waals surface area contributed by atoms with Crippen LogP contribution in [0.5, 0.6) is 5.75 Å². The Morgan fingerprint density at radius 3 is 2.37 bits per heavy atom. The Hall–Kier alpha value is -2.86. The predicted octanol–water partition coefficient (Wildman–Crippen LogP) is 4.54. The van der Waals surface area contributed by atoms with Crippen LogP contribution in [0, 0.1) is 12.7 Å². The molecule has 0 aliphatic heterocycles. The molecule has 0 saturated carbocycles. The molecule has 0 aliphatic rings. The molecule has 0 spiro atoms. The molecule has 3 aromatic rings. The first-order valence-electron chi connectivity index (χ1n) is 8.38. The van der Waals surface area contributed by atoms with E-state index in [-0.39, 0.29) is 11.4 Å². The zero-order chi connectivity index (χ0) is 19.4. The van der Waals surface area contributed by atoms with Gasteiger partial charge in [0, 0.05) is 6.07 Å². The average molecular weight is 385 g/mol. The smallest absolute Gasteiger partial charge is 0.264 e. The predicted molar refractivity (Wildman–Crippen MR) is 104 cm³/mol. The molecule has 27 heavy (non-hydrogen) atoms. The molecule has 0 atom stereocenters. The van der Waals surface area contributed by atoms with Gasteiger partial charge in [-0.3, -0.25) is 4.31 Å². The lowest BCUT2D eigenvalue weighted by Crippen LogP contribution is -2.31. The van der Waals surface area contributed by atoms with Gasteiger partial charge in [0.25, 0.3) is 10.0 Å². The molecule has 0 amide bonds. The molecule has 0 aliphatic carbocycles. The Morgan fingerprint density at radius 1 is 0.963 bits per heavy atom.